The Morgan fingerprint density at radius 1 is 1.15 bits per heavy atom. The van der Waals surface area contributed by atoms with Crippen LogP contribution in [0.25, 0.3) is 0 Å². The summed E-state index contributed by atoms with van der Waals surface area (Å²) >= 11 is 0. The SMILES string of the molecule is Cc1cc(N)cc(C)c1NS(=O)(=O)c1c(C)n[nH]c1C. The van der Waals surface area contributed by atoms with Crippen molar-refractivity contribution in [3.05, 3.63) is 34.6 Å². The van der Waals surface area contributed by atoms with E-state index in [1.165, 1.54) is 0 Å². The molecular formula is C13H18N4O2S. The Morgan fingerprint density at radius 3 is 2.15 bits per heavy atom. The molecule has 0 aliphatic carbocycles. The topological polar surface area (TPSA) is 101 Å². The maximum atomic E-state index is 12.5. The number of nitrogens with two attached hydrogens (primary N) is 1. The Bertz CT molecular complexity index is 720. The van der Waals surface area contributed by atoms with Gasteiger partial charge in [0.15, 0.2) is 0 Å². The number of hydrogen-bond donors (Lipinski definition) is 3. The first-order valence-corrected chi connectivity index (χ1v) is 7.62. The van der Waals surface area contributed by atoms with Crippen LogP contribution in [0.5, 0.6) is 0 Å². The molecule has 0 amide bonds. The van der Waals surface area contributed by atoms with E-state index in [0.29, 0.717) is 22.8 Å². The highest BCUT2D eigenvalue weighted by molar-refractivity contribution is 7.92. The van der Waals surface area contributed by atoms with Crippen LogP contribution in [-0.4, -0.2) is 18.6 Å². The van der Waals surface area contributed by atoms with Crippen molar-refractivity contribution >= 4 is 21.4 Å². The summed E-state index contributed by atoms with van der Waals surface area (Å²) in [6, 6.07) is 3.47. The lowest BCUT2D eigenvalue weighted by atomic mass is 10.1. The molecule has 6 nitrogen and oxygen atoms in total. The van der Waals surface area contributed by atoms with Crippen LogP contribution in [0.2, 0.25) is 0 Å². The summed E-state index contributed by atoms with van der Waals surface area (Å²) in [5.74, 6) is 0. The van der Waals surface area contributed by atoms with Gasteiger partial charge in [0.1, 0.15) is 4.90 Å². The molecule has 1 aromatic carbocycles. The van der Waals surface area contributed by atoms with Crippen LogP contribution in [0.3, 0.4) is 0 Å². The second-order valence-electron chi connectivity index (χ2n) is 4.90. The number of sulfonamides is 1. The van der Waals surface area contributed by atoms with Crippen LogP contribution in [0.1, 0.15) is 22.5 Å². The van der Waals surface area contributed by atoms with Crippen molar-refractivity contribution in [2.45, 2.75) is 32.6 Å². The molecule has 1 aromatic heterocycles. The van der Waals surface area contributed by atoms with Crippen molar-refractivity contribution in [3.63, 3.8) is 0 Å². The largest absolute Gasteiger partial charge is 0.399 e. The fourth-order valence-corrected chi connectivity index (χ4v) is 3.86. The number of anilines is 2. The molecule has 0 saturated carbocycles. The third-order valence-corrected chi connectivity index (χ3v) is 4.73. The summed E-state index contributed by atoms with van der Waals surface area (Å²) in [4.78, 5) is 0.188. The number of hydrogen-bond acceptors (Lipinski definition) is 4. The Labute approximate surface area is 118 Å². The lowest BCUT2D eigenvalue weighted by Gasteiger charge is -2.14. The Kier molecular flexibility index (Phi) is 3.47. The molecule has 2 rings (SSSR count). The predicted octanol–water partition coefficient (Wildman–Crippen LogP) is 2.03. The fourth-order valence-electron chi connectivity index (χ4n) is 2.28. The number of nitrogens with zero attached hydrogens (tertiary/aromatic N) is 1. The molecule has 0 aliphatic heterocycles. The van der Waals surface area contributed by atoms with Crippen LogP contribution < -0.4 is 10.5 Å². The van der Waals surface area contributed by atoms with Crippen LogP contribution in [0, 0.1) is 27.7 Å². The second kappa shape index (κ2) is 4.82. The van der Waals surface area contributed by atoms with Gasteiger partial charge in [-0.15, -0.1) is 0 Å². The molecule has 1 heterocycles. The van der Waals surface area contributed by atoms with Gasteiger partial charge in [-0.2, -0.15) is 5.10 Å². The number of nitrogens with one attached hydrogen (secondary N) is 2. The predicted molar refractivity (Wildman–Crippen MR) is 79.2 cm³/mol. The first kappa shape index (κ1) is 14.4. The molecule has 20 heavy (non-hydrogen) atoms. The van der Waals surface area contributed by atoms with Gasteiger partial charge in [-0.3, -0.25) is 9.82 Å². The average molecular weight is 294 g/mol. The van der Waals surface area contributed by atoms with Gasteiger partial charge in [0.25, 0.3) is 10.0 Å². The molecule has 0 aliphatic rings. The highest BCUT2D eigenvalue weighted by Crippen LogP contribution is 2.27. The highest BCUT2D eigenvalue weighted by Gasteiger charge is 2.23. The minimum atomic E-state index is -3.67. The van der Waals surface area contributed by atoms with E-state index in [1.54, 1.807) is 26.0 Å². The molecule has 0 unspecified atom stereocenters. The van der Waals surface area contributed by atoms with E-state index in [4.69, 9.17) is 5.73 Å². The first-order valence-electron chi connectivity index (χ1n) is 6.13. The van der Waals surface area contributed by atoms with E-state index in [-0.39, 0.29) is 4.90 Å². The zero-order valence-corrected chi connectivity index (χ0v) is 12.7. The Hall–Kier alpha value is -2.02. The summed E-state index contributed by atoms with van der Waals surface area (Å²) in [6.07, 6.45) is 0. The molecule has 4 N–H and O–H groups in total. The summed E-state index contributed by atoms with van der Waals surface area (Å²) in [5, 5.41) is 6.60. The summed E-state index contributed by atoms with van der Waals surface area (Å²) in [5.41, 5.74) is 9.43. The van der Waals surface area contributed by atoms with Crippen LogP contribution in [0.15, 0.2) is 17.0 Å². The Morgan fingerprint density at radius 2 is 1.70 bits per heavy atom. The molecule has 0 spiro atoms. The smallest absolute Gasteiger partial charge is 0.265 e. The zero-order valence-electron chi connectivity index (χ0n) is 11.9. The van der Waals surface area contributed by atoms with Crippen molar-refractivity contribution < 1.29 is 8.42 Å². The number of rotatable bonds is 3. The van der Waals surface area contributed by atoms with Gasteiger partial charge in [0.2, 0.25) is 0 Å². The van der Waals surface area contributed by atoms with Crippen LogP contribution in [-0.2, 0) is 10.0 Å². The minimum Gasteiger partial charge on any atom is -0.399 e. The van der Waals surface area contributed by atoms with E-state index in [0.717, 1.165) is 11.1 Å². The van der Waals surface area contributed by atoms with E-state index >= 15 is 0 Å². The van der Waals surface area contributed by atoms with Crippen molar-refractivity contribution in [1.29, 1.82) is 0 Å². The molecule has 0 bridgehead atoms. The third kappa shape index (κ3) is 2.49. The van der Waals surface area contributed by atoms with Crippen LogP contribution in [0.4, 0.5) is 11.4 Å². The molecule has 2 aromatic rings. The standard InChI is InChI=1S/C13H18N4O2S/c1-7-5-11(14)6-8(2)12(7)17-20(18,19)13-9(3)15-16-10(13)4/h5-6,17H,14H2,1-4H3,(H,15,16). The molecule has 0 fully saturated rings. The molecule has 7 heteroatoms. The van der Waals surface area contributed by atoms with Crippen molar-refractivity contribution in [2.75, 3.05) is 10.5 Å². The maximum Gasteiger partial charge on any atom is 0.265 e. The summed E-state index contributed by atoms with van der Waals surface area (Å²) in [7, 11) is -3.67. The number of aromatic amines is 1. The zero-order chi connectivity index (χ0) is 15.1. The fraction of sp³-hybridized carbons (Fsp3) is 0.308. The van der Waals surface area contributed by atoms with Crippen molar-refractivity contribution in [2.24, 2.45) is 0 Å². The first-order chi connectivity index (χ1) is 9.22. The minimum absolute atomic E-state index is 0.188. The van der Waals surface area contributed by atoms with Gasteiger partial charge in [-0.05, 0) is 51.0 Å². The van der Waals surface area contributed by atoms with Gasteiger partial charge < -0.3 is 5.73 Å². The lowest BCUT2D eigenvalue weighted by molar-refractivity contribution is 0.600. The van der Waals surface area contributed by atoms with Gasteiger partial charge in [-0.25, -0.2) is 8.42 Å². The molecule has 0 radical (unpaired) electrons. The monoisotopic (exact) mass is 294 g/mol. The summed E-state index contributed by atoms with van der Waals surface area (Å²) in [6.45, 7) is 6.96. The van der Waals surface area contributed by atoms with Gasteiger partial charge in [0.05, 0.1) is 17.1 Å². The summed E-state index contributed by atoms with van der Waals surface area (Å²) < 4.78 is 27.6. The third-order valence-electron chi connectivity index (χ3n) is 3.12. The normalized spacial score (nSPS) is 11.6. The molecular weight excluding hydrogens is 276 g/mol. The number of aromatic nitrogens is 2. The van der Waals surface area contributed by atoms with E-state index in [9.17, 15) is 8.42 Å². The van der Waals surface area contributed by atoms with E-state index in [1.807, 2.05) is 13.8 Å². The van der Waals surface area contributed by atoms with Crippen LogP contribution >= 0.6 is 0 Å². The quantitative estimate of drug-likeness (QED) is 0.754. The molecule has 108 valence electrons. The lowest BCUT2D eigenvalue weighted by Crippen LogP contribution is -2.16. The average Bonchev–Trinajstić information content (AvgIpc) is 2.64. The van der Waals surface area contributed by atoms with Gasteiger partial charge >= 0.3 is 0 Å². The highest BCUT2D eigenvalue weighted by atomic mass is 32.2. The van der Waals surface area contributed by atoms with E-state index < -0.39 is 10.0 Å². The number of nitrogen functional groups attached to an aromatic ring is 1. The van der Waals surface area contributed by atoms with Crippen molar-refractivity contribution in [3.8, 4) is 0 Å². The maximum absolute atomic E-state index is 12.5. The van der Waals surface area contributed by atoms with Gasteiger partial charge in [-0.1, -0.05) is 0 Å². The second-order valence-corrected chi connectivity index (χ2v) is 6.52. The number of H-pyrrole nitrogens is 1. The Balaban J connectivity index is 2.50. The van der Waals surface area contributed by atoms with Gasteiger partial charge in [0, 0.05) is 5.69 Å². The van der Waals surface area contributed by atoms with Crippen molar-refractivity contribution in [1.82, 2.24) is 10.2 Å². The van der Waals surface area contributed by atoms with E-state index in [2.05, 4.69) is 14.9 Å². The number of benzene rings is 1. The molecule has 0 atom stereocenters. The molecule has 0 saturated heterocycles. The number of aryl methyl sites for hydroxylation is 4.